The number of pyridine rings is 1. The van der Waals surface area contributed by atoms with Gasteiger partial charge in [-0.15, -0.1) is 0 Å². The molecule has 8 nitrogen and oxygen atoms in total. The van der Waals surface area contributed by atoms with Crippen molar-refractivity contribution in [3.63, 3.8) is 0 Å². The summed E-state index contributed by atoms with van der Waals surface area (Å²) in [7, 11) is 1.73. The third-order valence-corrected chi connectivity index (χ3v) is 3.96. The maximum atomic E-state index is 11.6. The van der Waals surface area contributed by atoms with E-state index in [-0.39, 0.29) is 0 Å². The number of ether oxygens (including phenoxy) is 2. The van der Waals surface area contributed by atoms with Crippen LogP contribution in [0.3, 0.4) is 0 Å². The Hall–Kier alpha value is -2.51. The van der Waals surface area contributed by atoms with Gasteiger partial charge >= 0.3 is 6.09 Å². The molecule has 8 heteroatoms. The molecule has 0 radical (unpaired) electrons. The Labute approximate surface area is 167 Å². The van der Waals surface area contributed by atoms with Crippen LogP contribution in [0.25, 0.3) is 0 Å². The highest BCUT2D eigenvalue weighted by atomic mass is 16.6. The lowest BCUT2D eigenvalue weighted by Gasteiger charge is -2.19. The van der Waals surface area contributed by atoms with Crippen molar-refractivity contribution in [2.75, 3.05) is 26.7 Å². The van der Waals surface area contributed by atoms with Crippen molar-refractivity contribution in [2.24, 2.45) is 10.9 Å². The van der Waals surface area contributed by atoms with E-state index in [1.807, 2.05) is 32.9 Å². The SMILES string of the molecule is CN=C(NCCCNC(=O)OC(C)(C)C)NCc1ccnc(OCC2CC2)c1. The summed E-state index contributed by atoms with van der Waals surface area (Å²) in [4.78, 5) is 20.0. The van der Waals surface area contributed by atoms with E-state index in [0.29, 0.717) is 37.4 Å². The Kier molecular flexibility index (Phi) is 8.35. The number of aliphatic imine (C=N–C) groups is 1. The van der Waals surface area contributed by atoms with Gasteiger partial charge in [0.1, 0.15) is 5.60 Å². The van der Waals surface area contributed by atoms with Crippen molar-refractivity contribution in [1.29, 1.82) is 0 Å². The first-order valence-corrected chi connectivity index (χ1v) is 9.85. The number of nitrogens with zero attached hydrogens (tertiary/aromatic N) is 2. The summed E-state index contributed by atoms with van der Waals surface area (Å²) in [5, 5.41) is 9.23. The van der Waals surface area contributed by atoms with Gasteiger partial charge in [-0.3, -0.25) is 4.99 Å². The first-order chi connectivity index (χ1) is 13.4. The van der Waals surface area contributed by atoms with Gasteiger partial charge in [0.05, 0.1) is 6.61 Å². The summed E-state index contributed by atoms with van der Waals surface area (Å²) in [5.74, 6) is 2.08. The fourth-order valence-electron chi connectivity index (χ4n) is 2.33. The number of carbonyl (C=O) groups excluding carboxylic acids is 1. The Bertz CT molecular complexity index is 653. The van der Waals surface area contributed by atoms with E-state index in [1.165, 1.54) is 12.8 Å². The lowest BCUT2D eigenvalue weighted by molar-refractivity contribution is 0.0527. The summed E-state index contributed by atoms with van der Waals surface area (Å²) < 4.78 is 10.9. The van der Waals surface area contributed by atoms with Crippen LogP contribution < -0.4 is 20.7 Å². The lowest BCUT2D eigenvalue weighted by Crippen LogP contribution is -2.39. The first kappa shape index (κ1) is 21.8. The number of rotatable bonds is 9. The number of hydrogen-bond donors (Lipinski definition) is 3. The Morgan fingerprint density at radius 1 is 1.25 bits per heavy atom. The Balaban J connectivity index is 1.62. The molecule has 1 aromatic rings. The molecule has 0 unspecified atom stereocenters. The van der Waals surface area contributed by atoms with Gasteiger partial charge in [-0.2, -0.15) is 0 Å². The van der Waals surface area contributed by atoms with Crippen molar-refractivity contribution in [2.45, 2.75) is 52.2 Å². The molecule has 0 aliphatic heterocycles. The molecule has 1 aromatic heterocycles. The highest BCUT2D eigenvalue weighted by molar-refractivity contribution is 5.79. The van der Waals surface area contributed by atoms with E-state index in [0.717, 1.165) is 18.6 Å². The summed E-state index contributed by atoms with van der Waals surface area (Å²) >= 11 is 0. The normalized spacial score (nSPS) is 14.4. The van der Waals surface area contributed by atoms with Gasteiger partial charge in [-0.1, -0.05) is 0 Å². The zero-order valence-corrected chi connectivity index (χ0v) is 17.4. The zero-order valence-electron chi connectivity index (χ0n) is 17.4. The van der Waals surface area contributed by atoms with Gasteiger partial charge in [-0.25, -0.2) is 9.78 Å². The molecule has 1 fully saturated rings. The quantitative estimate of drug-likeness (QED) is 0.340. The van der Waals surface area contributed by atoms with Crippen molar-refractivity contribution < 1.29 is 14.3 Å². The van der Waals surface area contributed by atoms with Gasteiger partial charge in [-0.05, 0) is 57.6 Å². The molecule has 0 spiro atoms. The van der Waals surface area contributed by atoms with E-state index < -0.39 is 11.7 Å². The highest BCUT2D eigenvalue weighted by Crippen LogP contribution is 2.29. The van der Waals surface area contributed by atoms with Crippen LogP contribution in [0, 0.1) is 5.92 Å². The fourth-order valence-corrected chi connectivity index (χ4v) is 2.33. The first-order valence-electron chi connectivity index (χ1n) is 9.85. The van der Waals surface area contributed by atoms with Crippen molar-refractivity contribution in [3.8, 4) is 5.88 Å². The average Bonchev–Trinajstić information content (AvgIpc) is 3.45. The predicted molar refractivity (Wildman–Crippen MR) is 110 cm³/mol. The summed E-state index contributed by atoms with van der Waals surface area (Å²) in [5.41, 5.74) is 0.597. The highest BCUT2D eigenvalue weighted by Gasteiger charge is 2.22. The van der Waals surface area contributed by atoms with E-state index in [9.17, 15) is 4.79 Å². The Morgan fingerprint density at radius 3 is 2.68 bits per heavy atom. The molecule has 156 valence electrons. The van der Waals surface area contributed by atoms with Gasteiger partial charge < -0.3 is 25.4 Å². The van der Waals surface area contributed by atoms with Gasteiger partial charge in [0.15, 0.2) is 5.96 Å². The zero-order chi connectivity index (χ0) is 20.4. The van der Waals surface area contributed by atoms with Crippen LogP contribution in [0.5, 0.6) is 5.88 Å². The minimum atomic E-state index is -0.482. The number of guanidine groups is 1. The molecule has 0 aromatic carbocycles. The van der Waals surface area contributed by atoms with Crippen LogP contribution in [0.2, 0.25) is 0 Å². The number of alkyl carbamates (subject to hydrolysis) is 1. The van der Waals surface area contributed by atoms with Crippen LogP contribution in [0.1, 0.15) is 45.6 Å². The number of aromatic nitrogens is 1. The standard InChI is InChI=1S/C20H33N5O3/c1-20(2,3)28-19(26)24-10-5-9-23-18(21-4)25-13-16-8-11-22-17(12-16)27-14-15-6-7-15/h8,11-12,15H,5-7,9-10,13-14H2,1-4H3,(H,24,26)(H2,21,23,25). The molecular formula is C20H33N5O3. The maximum absolute atomic E-state index is 11.6. The number of amides is 1. The molecule has 1 amide bonds. The minimum absolute atomic E-state index is 0.396. The molecule has 1 heterocycles. The third-order valence-electron chi connectivity index (χ3n) is 3.96. The molecular weight excluding hydrogens is 358 g/mol. The third kappa shape index (κ3) is 9.43. The maximum Gasteiger partial charge on any atom is 0.407 e. The number of hydrogen-bond acceptors (Lipinski definition) is 5. The molecule has 28 heavy (non-hydrogen) atoms. The van der Waals surface area contributed by atoms with E-state index >= 15 is 0 Å². The lowest BCUT2D eigenvalue weighted by atomic mass is 10.2. The largest absolute Gasteiger partial charge is 0.477 e. The Morgan fingerprint density at radius 2 is 2.00 bits per heavy atom. The monoisotopic (exact) mass is 391 g/mol. The van der Waals surface area contributed by atoms with Gasteiger partial charge in [0.2, 0.25) is 5.88 Å². The van der Waals surface area contributed by atoms with Gasteiger partial charge in [0.25, 0.3) is 0 Å². The molecule has 0 atom stereocenters. The van der Waals surface area contributed by atoms with Crippen LogP contribution in [0.4, 0.5) is 4.79 Å². The van der Waals surface area contributed by atoms with Gasteiger partial charge in [0, 0.05) is 38.9 Å². The molecule has 0 bridgehead atoms. The van der Waals surface area contributed by atoms with E-state index in [1.54, 1.807) is 13.2 Å². The molecule has 2 rings (SSSR count). The number of nitrogens with one attached hydrogen (secondary N) is 3. The summed E-state index contributed by atoms with van der Waals surface area (Å²) in [6.07, 6.45) is 4.64. The topological polar surface area (TPSA) is 96.9 Å². The molecule has 3 N–H and O–H groups in total. The minimum Gasteiger partial charge on any atom is -0.477 e. The van der Waals surface area contributed by atoms with Crippen LogP contribution in [-0.4, -0.2) is 49.4 Å². The second-order valence-electron chi connectivity index (χ2n) is 7.89. The smallest absolute Gasteiger partial charge is 0.407 e. The molecule has 1 aliphatic rings. The second-order valence-corrected chi connectivity index (χ2v) is 7.89. The van der Waals surface area contributed by atoms with E-state index in [4.69, 9.17) is 9.47 Å². The van der Waals surface area contributed by atoms with Crippen molar-refractivity contribution in [1.82, 2.24) is 20.9 Å². The van der Waals surface area contributed by atoms with Crippen molar-refractivity contribution in [3.05, 3.63) is 23.9 Å². The second kappa shape index (κ2) is 10.7. The summed E-state index contributed by atoms with van der Waals surface area (Å²) in [6.45, 7) is 8.12. The van der Waals surface area contributed by atoms with Crippen LogP contribution in [0.15, 0.2) is 23.3 Å². The van der Waals surface area contributed by atoms with Crippen LogP contribution >= 0.6 is 0 Å². The molecule has 0 saturated heterocycles. The number of carbonyl (C=O) groups is 1. The predicted octanol–water partition coefficient (Wildman–Crippen LogP) is 2.45. The van der Waals surface area contributed by atoms with E-state index in [2.05, 4.69) is 25.9 Å². The molecule has 1 aliphatic carbocycles. The van der Waals surface area contributed by atoms with Crippen molar-refractivity contribution >= 4 is 12.1 Å². The summed E-state index contributed by atoms with van der Waals surface area (Å²) in [6, 6.07) is 3.91. The van der Waals surface area contributed by atoms with Crippen LogP contribution in [-0.2, 0) is 11.3 Å². The fraction of sp³-hybridized carbons (Fsp3) is 0.650. The average molecular weight is 392 g/mol. The molecule has 1 saturated carbocycles.